The van der Waals surface area contributed by atoms with Crippen molar-refractivity contribution < 1.29 is 5.11 Å². The quantitative estimate of drug-likeness (QED) is 0.563. The first-order valence-corrected chi connectivity index (χ1v) is 3.18. The van der Waals surface area contributed by atoms with Crippen LogP contribution in [0, 0.1) is 5.92 Å². The van der Waals surface area contributed by atoms with Crippen LogP contribution in [0.1, 0.15) is 13.8 Å². The van der Waals surface area contributed by atoms with Crippen LogP contribution >= 0.6 is 0 Å². The molecule has 0 aromatic heterocycles. The highest BCUT2D eigenvalue weighted by Crippen LogP contribution is 1.97. The average molecular weight is 129 g/mol. The van der Waals surface area contributed by atoms with Gasteiger partial charge in [0, 0.05) is 6.54 Å². The molecular formula is C7H15NO. The molecule has 2 heteroatoms. The van der Waals surface area contributed by atoms with Crippen LogP contribution in [0.2, 0.25) is 0 Å². The maximum absolute atomic E-state index is 8.78. The summed E-state index contributed by atoms with van der Waals surface area (Å²) in [6, 6.07) is 0. The van der Waals surface area contributed by atoms with Crippen LogP contribution in [0.15, 0.2) is 11.8 Å². The molecule has 0 aromatic rings. The number of allylic oxidation sites excluding steroid dienone is 1. The van der Waals surface area contributed by atoms with Crippen LogP contribution < -0.4 is 5.32 Å². The summed E-state index contributed by atoms with van der Waals surface area (Å²) in [5.74, 6) is 0.817. The van der Waals surface area contributed by atoms with E-state index in [1.807, 2.05) is 13.1 Å². The van der Waals surface area contributed by atoms with Gasteiger partial charge in [-0.2, -0.15) is 0 Å². The molecule has 9 heavy (non-hydrogen) atoms. The summed E-state index contributed by atoms with van der Waals surface area (Å²) < 4.78 is 0. The van der Waals surface area contributed by atoms with Crippen molar-refractivity contribution in [2.45, 2.75) is 13.8 Å². The second-order valence-electron chi connectivity index (χ2n) is 2.34. The molecule has 1 unspecified atom stereocenters. The zero-order valence-corrected chi connectivity index (χ0v) is 6.31. The zero-order chi connectivity index (χ0) is 7.28. The van der Waals surface area contributed by atoms with E-state index in [0.717, 1.165) is 6.54 Å². The largest absolute Gasteiger partial charge is 0.513 e. The fourth-order valence-corrected chi connectivity index (χ4v) is 0.793. The molecule has 0 aromatic carbocycles. The third-order valence-corrected chi connectivity index (χ3v) is 1.05. The highest BCUT2D eigenvalue weighted by Gasteiger charge is 1.93. The van der Waals surface area contributed by atoms with Crippen molar-refractivity contribution >= 4 is 0 Å². The fourth-order valence-electron chi connectivity index (χ4n) is 0.793. The summed E-state index contributed by atoms with van der Waals surface area (Å²) in [5.41, 5.74) is 0. The first-order chi connectivity index (χ1) is 4.16. The molecule has 0 fully saturated rings. The molecule has 0 amide bonds. The molecule has 0 saturated heterocycles. The zero-order valence-electron chi connectivity index (χ0n) is 6.31. The van der Waals surface area contributed by atoms with E-state index in [-0.39, 0.29) is 0 Å². The van der Waals surface area contributed by atoms with Crippen molar-refractivity contribution in [3.63, 3.8) is 0 Å². The Kier molecular flexibility index (Phi) is 4.14. The first-order valence-electron chi connectivity index (χ1n) is 3.18. The highest BCUT2D eigenvalue weighted by molar-refractivity contribution is 4.90. The van der Waals surface area contributed by atoms with E-state index >= 15 is 0 Å². The molecular weight excluding hydrogens is 114 g/mol. The van der Waals surface area contributed by atoms with Gasteiger partial charge in [-0.15, -0.1) is 0 Å². The van der Waals surface area contributed by atoms with Gasteiger partial charge in [0.2, 0.25) is 0 Å². The lowest BCUT2D eigenvalue weighted by molar-refractivity contribution is 0.405. The van der Waals surface area contributed by atoms with E-state index in [1.165, 1.54) is 0 Å². The van der Waals surface area contributed by atoms with Crippen molar-refractivity contribution in [2.24, 2.45) is 5.92 Å². The van der Waals surface area contributed by atoms with Crippen molar-refractivity contribution in [3.05, 3.63) is 11.8 Å². The van der Waals surface area contributed by atoms with Gasteiger partial charge in [0.15, 0.2) is 0 Å². The third-order valence-electron chi connectivity index (χ3n) is 1.05. The van der Waals surface area contributed by atoms with E-state index in [1.54, 1.807) is 6.92 Å². The molecule has 2 N–H and O–H groups in total. The average Bonchev–Trinajstić information content (AvgIpc) is 1.63. The predicted octanol–water partition coefficient (Wildman–Crippen LogP) is 1.30. The van der Waals surface area contributed by atoms with Crippen molar-refractivity contribution in [1.82, 2.24) is 5.32 Å². The first kappa shape index (κ1) is 8.50. The maximum atomic E-state index is 8.78. The number of aliphatic hydroxyl groups is 1. The molecule has 0 radical (unpaired) electrons. The maximum Gasteiger partial charge on any atom is 0.0855 e. The van der Waals surface area contributed by atoms with Crippen LogP contribution in [0.5, 0.6) is 0 Å². The number of hydrogen-bond acceptors (Lipinski definition) is 2. The smallest absolute Gasteiger partial charge is 0.0855 e. The van der Waals surface area contributed by atoms with Crippen molar-refractivity contribution in [2.75, 3.05) is 13.6 Å². The van der Waals surface area contributed by atoms with Gasteiger partial charge in [-0.1, -0.05) is 6.92 Å². The second-order valence-corrected chi connectivity index (χ2v) is 2.34. The Labute approximate surface area is 56.6 Å². The lowest BCUT2D eigenvalue weighted by Gasteiger charge is -2.03. The SMILES string of the molecule is CNCC(C)/C=C(/C)O. The molecule has 0 saturated carbocycles. The minimum absolute atomic E-state index is 0.401. The van der Waals surface area contributed by atoms with E-state index in [2.05, 4.69) is 12.2 Å². The molecule has 0 aliphatic carbocycles. The van der Waals surface area contributed by atoms with Crippen LogP contribution in [-0.2, 0) is 0 Å². The summed E-state index contributed by atoms with van der Waals surface area (Å²) in [6.07, 6.45) is 1.83. The summed E-state index contributed by atoms with van der Waals surface area (Å²) >= 11 is 0. The number of rotatable bonds is 3. The molecule has 54 valence electrons. The van der Waals surface area contributed by atoms with Gasteiger partial charge < -0.3 is 10.4 Å². The Hall–Kier alpha value is -0.500. The Bertz CT molecular complexity index is 95.1. The number of aliphatic hydroxyl groups excluding tert-OH is 1. The van der Waals surface area contributed by atoms with Crippen molar-refractivity contribution in [1.29, 1.82) is 0 Å². The van der Waals surface area contributed by atoms with Gasteiger partial charge in [-0.05, 0) is 26.0 Å². The lowest BCUT2D eigenvalue weighted by atomic mass is 10.1. The fraction of sp³-hybridized carbons (Fsp3) is 0.714. The van der Waals surface area contributed by atoms with Gasteiger partial charge in [0.25, 0.3) is 0 Å². The number of hydrogen-bond donors (Lipinski definition) is 2. The lowest BCUT2D eigenvalue weighted by Crippen LogP contribution is -2.14. The van der Waals surface area contributed by atoms with E-state index in [4.69, 9.17) is 5.11 Å². The van der Waals surface area contributed by atoms with Crippen molar-refractivity contribution in [3.8, 4) is 0 Å². The molecule has 0 spiro atoms. The monoisotopic (exact) mass is 129 g/mol. The summed E-state index contributed by atoms with van der Waals surface area (Å²) in [7, 11) is 1.90. The second kappa shape index (κ2) is 4.39. The minimum atomic E-state index is 0.401. The summed E-state index contributed by atoms with van der Waals surface area (Å²) in [6.45, 7) is 4.65. The van der Waals surface area contributed by atoms with Gasteiger partial charge >= 0.3 is 0 Å². The van der Waals surface area contributed by atoms with Crippen LogP contribution in [-0.4, -0.2) is 18.7 Å². The summed E-state index contributed by atoms with van der Waals surface area (Å²) in [5, 5.41) is 11.8. The highest BCUT2D eigenvalue weighted by atomic mass is 16.3. The Morgan fingerprint density at radius 1 is 1.78 bits per heavy atom. The summed E-state index contributed by atoms with van der Waals surface area (Å²) in [4.78, 5) is 0. The molecule has 0 rings (SSSR count). The van der Waals surface area contributed by atoms with Gasteiger partial charge in [0.05, 0.1) is 5.76 Å². The Balaban J connectivity index is 3.49. The number of nitrogens with one attached hydrogen (secondary N) is 1. The topological polar surface area (TPSA) is 32.3 Å². The Morgan fingerprint density at radius 2 is 2.33 bits per heavy atom. The van der Waals surface area contributed by atoms with Crippen LogP contribution in [0.25, 0.3) is 0 Å². The van der Waals surface area contributed by atoms with E-state index in [9.17, 15) is 0 Å². The molecule has 0 bridgehead atoms. The van der Waals surface area contributed by atoms with E-state index in [0.29, 0.717) is 11.7 Å². The molecule has 0 aliphatic rings. The minimum Gasteiger partial charge on any atom is -0.513 e. The van der Waals surface area contributed by atoms with Gasteiger partial charge in [-0.3, -0.25) is 0 Å². The molecule has 1 atom stereocenters. The molecule has 0 aliphatic heterocycles. The van der Waals surface area contributed by atoms with Crippen LogP contribution in [0.3, 0.4) is 0 Å². The third kappa shape index (κ3) is 5.37. The normalized spacial score (nSPS) is 15.7. The Morgan fingerprint density at radius 3 is 2.67 bits per heavy atom. The van der Waals surface area contributed by atoms with E-state index < -0.39 is 0 Å². The predicted molar refractivity (Wildman–Crippen MR) is 39.5 cm³/mol. The molecule has 2 nitrogen and oxygen atoms in total. The van der Waals surface area contributed by atoms with Gasteiger partial charge in [-0.25, -0.2) is 0 Å². The standard InChI is InChI=1S/C7H15NO/c1-6(5-8-3)4-7(2)9/h4,6,8-9H,5H2,1-3H3/b7-4-. The molecule has 0 heterocycles. The van der Waals surface area contributed by atoms with Gasteiger partial charge in [0.1, 0.15) is 0 Å². The van der Waals surface area contributed by atoms with Crippen LogP contribution in [0.4, 0.5) is 0 Å².